The number of allylic oxidation sites excluding steroid dienone is 2. The van der Waals surface area contributed by atoms with Crippen LogP contribution in [0.5, 0.6) is 0 Å². The molecule has 1 N–H and O–H groups in total. The van der Waals surface area contributed by atoms with E-state index in [-0.39, 0.29) is 17.3 Å². The minimum Gasteiger partial charge on any atom is -0.481 e. The van der Waals surface area contributed by atoms with Crippen LogP contribution >= 0.6 is 0 Å². The average Bonchev–Trinajstić information content (AvgIpc) is 2.67. The molecule has 0 heterocycles. The Morgan fingerprint density at radius 1 is 1.35 bits per heavy atom. The average molecular weight is 239 g/mol. The van der Waals surface area contributed by atoms with Crippen LogP contribution in [0.3, 0.4) is 0 Å². The highest BCUT2D eigenvalue weighted by molar-refractivity contribution is 5.80. The van der Waals surface area contributed by atoms with Crippen molar-refractivity contribution in [2.24, 2.45) is 22.4 Å². The zero-order chi connectivity index (χ0) is 13.2. The van der Waals surface area contributed by atoms with E-state index in [1.807, 2.05) is 19.9 Å². The molecule has 0 spiro atoms. The molecule has 0 bridgehead atoms. The molecule has 1 saturated carbocycles. The molecule has 5 heteroatoms. The summed E-state index contributed by atoms with van der Waals surface area (Å²) in [5.41, 5.74) is 0.565. The van der Waals surface area contributed by atoms with E-state index in [2.05, 4.69) is 9.99 Å². The number of hydrogen-bond donors (Lipinski definition) is 1. The van der Waals surface area contributed by atoms with E-state index < -0.39 is 11.9 Å². The Bertz CT molecular complexity index is 395. The van der Waals surface area contributed by atoms with Crippen LogP contribution in [0, 0.1) is 17.3 Å². The molecule has 2 unspecified atom stereocenters. The second-order valence-electron chi connectivity index (χ2n) is 4.89. The number of carboxylic acid groups (broad SMARTS) is 1. The van der Waals surface area contributed by atoms with Gasteiger partial charge in [-0.2, -0.15) is 0 Å². The summed E-state index contributed by atoms with van der Waals surface area (Å²) in [5, 5.41) is 12.5. The SMILES string of the molecule is CC(=O)O/N=C/C(C)=C/C1C(C(=O)O)C1(C)C. The Morgan fingerprint density at radius 2 is 1.94 bits per heavy atom. The van der Waals surface area contributed by atoms with E-state index in [1.54, 1.807) is 6.92 Å². The summed E-state index contributed by atoms with van der Waals surface area (Å²) in [5.74, 6) is -1.60. The topological polar surface area (TPSA) is 76.0 Å². The van der Waals surface area contributed by atoms with Crippen molar-refractivity contribution in [1.82, 2.24) is 0 Å². The van der Waals surface area contributed by atoms with Crippen molar-refractivity contribution in [3.05, 3.63) is 11.6 Å². The van der Waals surface area contributed by atoms with Crippen LogP contribution in [0.1, 0.15) is 27.7 Å². The third-order valence-electron chi connectivity index (χ3n) is 3.06. The number of carbonyl (C=O) groups excluding carboxylic acids is 1. The molecule has 5 nitrogen and oxygen atoms in total. The standard InChI is InChI=1S/C12H17NO4/c1-7(6-13-17-8(2)14)5-9-10(11(15)16)12(9,3)4/h5-6,9-10H,1-4H3,(H,15,16)/b7-5+,13-6+. The maximum atomic E-state index is 10.9. The smallest absolute Gasteiger partial charge is 0.331 e. The van der Waals surface area contributed by atoms with Gasteiger partial charge in [0.25, 0.3) is 0 Å². The predicted molar refractivity (Wildman–Crippen MR) is 62.4 cm³/mol. The molecule has 2 atom stereocenters. The fourth-order valence-corrected chi connectivity index (χ4v) is 1.97. The van der Waals surface area contributed by atoms with E-state index in [9.17, 15) is 9.59 Å². The summed E-state index contributed by atoms with van der Waals surface area (Å²) in [6.45, 7) is 6.90. The van der Waals surface area contributed by atoms with Crippen LogP contribution in [0.15, 0.2) is 16.8 Å². The molecule has 1 aliphatic carbocycles. The fraction of sp³-hybridized carbons (Fsp3) is 0.583. The molecule has 0 aliphatic heterocycles. The number of carbonyl (C=O) groups is 2. The van der Waals surface area contributed by atoms with Gasteiger partial charge >= 0.3 is 11.9 Å². The molecule has 0 aromatic rings. The highest BCUT2D eigenvalue weighted by Gasteiger charge is 2.60. The number of hydrogen-bond acceptors (Lipinski definition) is 4. The minimum atomic E-state index is -0.777. The van der Waals surface area contributed by atoms with Gasteiger partial charge in [-0.15, -0.1) is 0 Å². The van der Waals surface area contributed by atoms with E-state index >= 15 is 0 Å². The molecule has 0 radical (unpaired) electrons. The Balaban J connectivity index is 2.62. The van der Waals surface area contributed by atoms with Gasteiger partial charge in [0, 0.05) is 6.92 Å². The second kappa shape index (κ2) is 4.69. The van der Waals surface area contributed by atoms with Crippen LogP contribution in [-0.4, -0.2) is 23.3 Å². The number of rotatable bonds is 4. The van der Waals surface area contributed by atoms with Crippen molar-refractivity contribution < 1.29 is 19.5 Å². The third-order valence-corrected chi connectivity index (χ3v) is 3.06. The molecule has 0 amide bonds. The lowest BCUT2D eigenvalue weighted by Gasteiger charge is -1.97. The van der Waals surface area contributed by atoms with Crippen LogP contribution in [0.2, 0.25) is 0 Å². The van der Waals surface area contributed by atoms with Gasteiger partial charge in [0.05, 0.1) is 12.1 Å². The maximum absolute atomic E-state index is 10.9. The van der Waals surface area contributed by atoms with Gasteiger partial charge in [-0.05, 0) is 23.8 Å². The number of aliphatic carboxylic acids is 1. The summed E-state index contributed by atoms with van der Waals surface area (Å²) >= 11 is 0. The zero-order valence-electron chi connectivity index (χ0n) is 10.4. The number of oxime groups is 1. The molecule has 94 valence electrons. The van der Waals surface area contributed by atoms with Crippen molar-refractivity contribution in [1.29, 1.82) is 0 Å². The van der Waals surface area contributed by atoms with Crippen LogP contribution in [0.25, 0.3) is 0 Å². The largest absolute Gasteiger partial charge is 0.481 e. The van der Waals surface area contributed by atoms with Gasteiger partial charge in [0.2, 0.25) is 0 Å². The highest BCUT2D eigenvalue weighted by Crippen LogP contribution is 2.59. The first-order valence-corrected chi connectivity index (χ1v) is 5.39. The van der Waals surface area contributed by atoms with Crippen molar-refractivity contribution in [3.63, 3.8) is 0 Å². The van der Waals surface area contributed by atoms with Gasteiger partial charge in [-0.1, -0.05) is 25.1 Å². The van der Waals surface area contributed by atoms with Gasteiger partial charge in [-0.3, -0.25) is 4.79 Å². The Hall–Kier alpha value is -1.65. The van der Waals surface area contributed by atoms with E-state index in [0.717, 1.165) is 5.57 Å². The Morgan fingerprint density at radius 3 is 2.35 bits per heavy atom. The van der Waals surface area contributed by atoms with Gasteiger partial charge in [-0.25, -0.2) is 4.79 Å². The highest BCUT2D eigenvalue weighted by atomic mass is 16.7. The zero-order valence-corrected chi connectivity index (χ0v) is 10.4. The van der Waals surface area contributed by atoms with Crippen LogP contribution in [0.4, 0.5) is 0 Å². The second-order valence-corrected chi connectivity index (χ2v) is 4.89. The summed E-state index contributed by atoms with van der Waals surface area (Å²) in [6.07, 6.45) is 3.26. The van der Waals surface area contributed by atoms with Crippen molar-refractivity contribution >= 4 is 18.2 Å². The molecule has 17 heavy (non-hydrogen) atoms. The van der Waals surface area contributed by atoms with Crippen molar-refractivity contribution in [2.45, 2.75) is 27.7 Å². The Kier molecular flexibility index (Phi) is 3.70. The lowest BCUT2D eigenvalue weighted by atomic mass is 10.1. The predicted octanol–water partition coefficient (Wildman–Crippen LogP) is 1.84. The minimum absolute atomic E-state index is 0.00350. The summed E-state index contributed by atoms with van der Waals surface area (Å²) < 4.78 is 0. The van der Waals surface area contributed by atoms with E-state index in [4.69, 9.17) is 5.11 Å². The molecule has 0 saturated heterocycles. The lowest BCUT2D eigenvalue weighted by molar-refractivity contribution is -0.141. The monoisotopic (exact) mass is 239 g/mol. The molecule has 0 aromatic carbocycles. The molecule has 0 aromatic heterocycles. The van der Waals surface area contributed by atoms with E-state index in [1.165, 1.54) is 13.1 Å². The van der Waals surface area contributed by atoms with E-state index in [0.29, 0.717) is 0 Å². The summed E-state index contributed by atoms with van der Waals surface area (Å²) in [6, 6.07) is 0. The quantitative estimate of drug-likeness (QED) is 0.461. The first-order valence-electron chi connectivity index (χ1n) is 5.39. The molecule has 1 aliphatic rings. The first-order chi connectivity index (χ1) is 7.76. The van der Waals surface area contributed by atoms with Crippen LogP contribution in [-0.2, 0) is 14.4 Å². The van der Waals surface area contributed by atoms with Gasteiger partial charge < -0.3 is 9.94 Å². The fourth-order valence-electron chi connectivity index (χ4n) is 1.97. The first kappa shape index (κ1) is 13.4. The van der Waals surface area contributed by atoms with Gasteiger partial charge in [0.1, 0.15) is 0 Å². The number of carboxylic acids is 1. The summed E-state index contributed by atoms with van der Waals surface area (Å²) in [4.78, 5) is 25.8. The summed E-state index contributed by atoms with van der Waals surface area (Å²) in [7, 11) is 0. The molecular weight excluding hydrogens is 222 g/mol. The van der Waals surface area contributed by atoms with Gasteiger partial charge in [0.15, 0.2) is 0 Å². The normalized spacial score (nSPS) is 26.9. The van der Waals surface area contributed by atoms with Crippen molar-refractivity contribution in [3.8, 4) is 0 Å². The molecule has 1 fully saturated rings. The molecule has 1 rings (SSSR count). The maximum Gasteiger partial charge on any atom is 0.331 e. The van der Waals surface area contributed by atoms with Crippen molar-refractivity contribution in [2.75, 3.05) is 0 Å². The lowest BCUT2D eigenvalue weighted by Crippen LogP contribution is -2.03. The number of nitrogens with zero attached hydrogens (tertiary/aromatic N) is 1. The Labute approximate surface area is 100 Å². The third kappa shape index (κ3) is 3.15. The molecular formula is C12H17NO4. The van der Waals surface area contributed by atoms with Crippen LogP contribution < -0.4 is 0 Å².